The van der Waals surface area contributed by atoms with Crippen molar-refractivity contribution in [3.63, 3.8) is 0 Å². The highest BCUT2D eigenvalue weighted by atomic mass is 79.9. The van der Waals surface area contributed by atoms with Crippen LogP contribution in [0.1, 0.15) is 29.7 Å². The van der Waals surface area contributed by atoms with Crippen LogP contribution < -0.4 is 0 Å². The number of halogens is 2. The topological polar surface area (TPSA) is 12.9 Å². The SMILES string of the molecule is BrCC1(Cc2ccc(Br)cn2)CCCc2ccccc21. The first-order valence-corrected chi connectivity index (χ1v) is 8.90. The summed E-state index contributed by atoms with van der Waals surface area (Å²) in [7, 11) is 0. The standard InChI is InChI=1S/C17H17Br2N/c18-12-17(10-15-8-7-14(19)11-20-15)9-3-5-13-4-1-2-6-16(13)17/h1-2,4,6-8,11H,3,5,9-10,12H2. The highest BCUT2D eigenvalue weighted by Gasteiger charge is 2.35. The molecular weight excluding hydrogens is 378 g/mol. The molecule has 3 heteroatoms. The number of hydrogen-bond donors (Lipinski definition) is 0. The van der Waals surface area contributed by atoms with E-state index in [9.17, 15) is 0 Å². The Morgan fingerprint density at radius 1 is 1.15 bits per heavy atom. The number of rotatable bonds is 3. The molecule has 3 rings (SSSR count). The molecule has 1 aliphatic carbocycles. The molecule has 0 spiro atoms. The molecule has 2 aromatic rings. The lowest BCUT2D eigenvalue weighted by Gasteiger charge is -2.38. The van der Waals surface area contributed by atoms with Crippen LogP contribution in [-0.2, 0) is 18.3 Å². The summed E-state index contributed by atoms with van der Waals surface area (Å²) in [6.07, 6.45) is 6.60. The number of pyridine rings is 1. The van der Waals surface area contributed by atoms with Crippen molar-refractivity contribution in [1.82, 2.24) is 4.98 Å². The van der Waals surface area contributed by atoms with E-state index >= 15 is 0 Å². The molecule has 1 aliphatic rings. The fraction of sp³-hybridized carbons (Fsp3) is 0.353. The molecule has 104 valence electrons. The highest BCUT2D eigenvalue weighted by molar-refractivity contribution is 9.10. The summed E-state index contributed by atoms with van der Waals surface area (Å²) < 4.78 is 1.04. The zero-order chi connectivity index (χ0) is 14.0. The summed E-state index contributed by atoms with van der Waals surface area (Å²) in [6, 6.07) is 13.1. The summed E-state index contributed by atoms with van der Waals surface area (Å²) in [5.41, 5.74) is 4.38. The molecule has 20 heavy (non-hydrogen) atoms. The molecule has 1 aromatic carbocycles. The summed E-state index contributed by atoms with van der Waals surface area (Å²) in [6.45, 7) is 0. The predicted molar refractivity (Wildman–Crippen MR) is 90.5 cm³/mol. The minimum atomic E-state index is 0.190. The highest BCUT2D eigenvalue weighted by Crippen LogP contribution is 2.41. The lowest BCUT2D eigenvalue weighted by molar-refractivity contribution is 0.398. The summed E-state index contributed by atoms with van der Waals surface area (Å²) in [5, 5.41) is 0.995. The first-order chi connectivity index (χ1) is 9.73. The Morgan fingerprint density at radius 2 is 2.00 bits per heavy atom. The Kier molecular flexibility index (Phi) is 4.27. The Labute approximate surface area is 137 Å². The van der Waals surface area contributed by atoms with E-state index in [1.807, 2.05) is 6.20 Å². The molecule has 1 aromatic heterocycles. The van der Waals surface area contributed by atoms with Gasteiger partial charge >= 0.3 is 0 Å². The summed E-state index contributed by atoms with van der Waals surface area (Å²) >= 11 is 7.23. The zero-order valence-corrected chi connectivity index (χ0v) is 14.5. The van der Waals surface area contributed by atoms with Gasteiger partial charge in [-0.2, -0.15) is 0 Å². The Bertz CT molecular complexity index is 594. The first kappa shape index (κ1) is 14.3. The smallest absolute Gasteiger partial charge is 0.0413 e. The van der Waals surface area contributed by atoms with Crippen LogP contribution in [0.3, 0.4) is 0 Å². The second-order valence-corrected chi connectivity index (χ2v) is 7.05. The Balaban J connectivity index is 1.98. The van der Waals surface area contributed by atoms with Crippen LogP contribution in [-0.4, -0.2) is 10.3 Å². The number of hydrogen-bond acceptors (Lipinski definition) is 1. The lowest BCUT2D eigenvalue weighted by atomic mass is 9.69. The van der Waals surface area contributed by atoms with Crippen LogP contribution in [0.25, 0.3) is 0 Å². The van der Waals surface area contributed by atoms with Gasteiger partial charge in [0.1, 0.15) is 0 Å². The average molecular weight is 395 g/mol. The van der Waals surface area contributed by atoms with Crippen molar-refractivity contribution in [3.8, 4) is 0 Å². The second kappa shape index (κ2) is 5.98. The van der Waals surface area contributed by atoms with Crippen LogP contribution in [0, 0.1) is 0 Å². The van der Waals surface area contributed by atoms with Crippen LogP contribution in [0.4, 0.5) is 0 Å². The van der Waals surface area contributed by atoms with Gasteiger partial charge in [0, 0.05) is 33.5 Å². The molecule has 0 amide bonds. The molecule has 0 saturated heterocycles. The molecule has 0 N–H and O–H groups in total. The molecule has 0 radical (unpaired) electrons. The van der Waals surface area contributed by atoms with Crippen molar-refractivity contribution in [2.24, 2.45) is 0 Å². The van der Waals surface area contributed by atoms with Crippen LogP contribution in [0.2, 0.25) is 0 Å². The largest absolute Gasteiger partial charge is 0.260 e. The minimum absolute atomic E-state index is 0.190. The molecular formula is C17H17Br2N. The third-order valence-electron chi connectivity index (χ3n) is 4.25. The van der Waals surface area contributed by atoms with Gasteiger partial charge in [0.05, 0.1) is 0 Å². The van der Waals surface area contributed by atoms with Gasteiger partial charge in [-0.05, 0) is 58.5 Å². The molecule has 1 atom stereocenters. The van der Waals surface area contributed by atoms with Crippen LogP contribution in [0.5, 0.6) is 0 Å². The van der Waals surface area contributed by atoms with Gasteiger partial charge in [-0.15, -0.1) is 0 Å². The van der Waals surface area contributed by atoms with Gasteiger partial charge in [0.2, 0.25) is 0 Å². The normalized spacial score (nSPS) is 21.5. The van der Waals surface area contributed by atoms with Crippen molar-refractivity contribution in [1.29, 1.82) is 0 Å². The van der Waals surface area contributed by atoms with E-state index in [1.165, 1.54) is 36.1 Å². The minimum Gasteiger partial charge on any atom is -0.260 e. The van der Waals surface area contributed by atoms with Gasteiger partial charge in [-0.1, -0.05) is 40.2 Å². The maximum Gasteiger partial charge on any atom is 0.0413 e. The van der Waals surface area contributed by atoms with E-state index in [0.29, 0.717) is 0 Å². The summed E-state index contributed by atoms with van der Waals surface area (Å²) in [5.74, 6) is 0. The average Bonchev–Trinajstić information content (AvgIpc) is 2.50. The van der Waals surface area contributed by atoms with E-state index in [-0.39, 0.29) is 5.41 Å². The van der Waals surface area contributed by atoms with Gasteiger partial charge in [0.15, 0.2) is 0 Å². The Morgan fingerprint density at radius 3 is 2.75 bits per heavy atom. The molecule has 1 heterocycles. The number of fused-ring (bicyclic) bond motifs is 1. The van der Waals surface area contributed by atoms with Crippen molar-refractivity contribution < 1.29 is 0 Å². The van der Waals surface area contributed by atoms with Gasteiger partial charge in [-0.3, -0.25) is 4.98 Å². The maximum absolute atomic E-state index is 4.57. The van der Waals surface area contributed by atoms with Crippen molar-refractivity contribution in [3.05, 3.63) is 63.9 Å². The summed E-state index contributed by atoms with van der Waals surface area (Å²) in [4.78, 5) is 4.57. The van der Waals surface area contributed by atoms with E-state index in [2.05, 4.69) is 73.2 Å². The van der Waals surface area contributed by atoms with E-state index in [0.717, 1.165) is 16.2 Å². The van der Waals surface area contributed by atoms with Crippen LogP contribution >= 0.6 is 31.9 Å². The first-order valence-electron chi connectivity index (χ1n) is 6.98. The quantitative estimate of drug-likeness (QED) is 0.663. The van der Waals surface area contributed by atoms with Gasteiger partial charge in [0.25, 0.3) is 0 Å². The van der Waals surface area contributed by atoms with Gasteiger partial charge in [-0.25, -0.2) is 0 Å². The monoisotopic (exact) mass is 393 g/mol. The third kappa shape index (κ3) is 2.71. The van der Waals surface area contributed by atoms with Crippen molar-refractivity contribution in [2.75, 3.05) is 5.33 Å². The molecule has 0 aliphatic heterocycles. The number of benzene rings is 1. The molecule has 0 bridgehead atoms. The number of nitrogens with zero attached hydrogens (tertiary/aromatic N) is 1. The molecule has 1 unspecified atom stereocenters. The van der Waals surface area contributed by atoms with Crippen molar-refractivity contribution in [2.45, 2.75) is 31.1 Å². The van der Waals surface area contributed by atoms with Crippen molar-refractivity contribution >= 4 is 31.9 Å². The van der Waals surface area contributed by atoms with E-state index in [4.69, 9.17) is 0 Å². The van der Waals surface area contributed by atoms with E-state index in [1.54, 1.807) is 0 Å². The van der Waals surface area contributed by atoms with Gasteiger partial charge < -0.3 is 0 Å². The third-order valence-corrected chi connectivity index (χ3v) is 5.80. The number of aryl methyl sites for hydroxylation is 1. The van der Waals surface area contributed by atoms with E-state index < -0.39 is 0 Å². The predicted octanol–water partition coefficient (Wildman–Crippen LogP) is 5.06. The fourth-order valence-corrected chi connectivity index (χ4v) is 4.25. The Hall–Kier alpha value is -0.670. The molecule has 0 fully saturated rings. The maximum atomic E-state index is 4.57. The lowest BCUT2D eigenvalue weighted by Crippen LogP contribution is -2.35. The molecule has 0 saturated carbocycles. The zero-order valence-electron chi connectivity index (χ0n) is 11.3. The number of aromatic nitrogens is 1. The second-order valence-electron chi connectivity index (χ2n) is 5.57. The van der Waals surface area contributed by atoms with Crippen LogP contribution in [0.15, 0.2) is 47.1 Å². The molecule has 1 nitrogen and oxygen atoms in total. The number of alkyl halides is 1. The fourth-order valence-electron chi connectivity index (χ4n) is 3.23.